The Labute approximate surface area is 135 Å². The highest BCUT2D eigenvalue weighted by Crippen LogP contribution is 2.27. The van der Waals surface area contributed by atoms with Crippen LogP contribution in [0.3, 0.4) is 0 Å². The molecule has 0 unspecified atom stereocenters. The topological polar surface area (TPSA) is 22.3 Å². The number of aromatic nitrogens is 1. The summed E-state index contributed by atoms with van der Waals surface area (Å²) in [5.74, 6) is 0.818. The molecule has 1 aromatic heterocycles. The lowest BCUT2D eigenvalue weighted by atomic mass is 10.1. The van der Waals surface area contributed by atoms with Crippen molar-refractivity contribution in [3.8, 4) is 5.75 Å². The van der Waals surface area contributed by atoms with Crippen LogP contribution in [-0.2, 0) is 18.0 Å². The highest BCUT2D eigenvalue weighted by atomic mass is 127. The van der Waals surface area contributed by atoms with Crippen LogP contribution in [0.15, 0.2) is 42.6 Å². The summed E-state index contributed by atoms with van der Waals surface area (Å²) in [6, 6.07) is 12.3. The maximum absolute atomic E-state index is 5.10. The molecular formula is C16H16INO2. The number of nitrogens with zero attached hydrogens (tertiary/aromatic N) is 1. The van der Waals surface area contributed by atoms with Crippen LogP contribution in [0.2, 0.25) is 0 Å². The van der Waals surface area contributed by atoms with Gasteiger partial charge in [-0.1, -0.05) is 12.1 Å². The van der Waals surface area contributed by atoms with Gasteiger partial charge in [-0.15, -0.1) is 0 Å². The number of benzene rings is 1. The zero-order valence-corrected chi connectivity index (χ0v) is 13.4. The summed E-state index contributed by atoms with van der Waals surface area (Å²) in [4.78, 5) is 10.0. The number of pyridine rings is 1. The van der Waals surface area contributed by atoms with Gasteiger partial charge in [-0.2, -0.15) is 9.45 Å². The average molecular weight is 381 g/mol. The van der Waals surface area contributed by atoms with E-state index in [1.807, 2.05) is 24.3 Å². The first-order chi connectivity index (χ1) is 9.36. The summed E-state index contributed by atoms with van der Waals surface area (Å²) in [6.07, 6.45) is 6.28. The van der Waals surface area contributed by atoms with Crippen molar-refractivity contribution in [2.24, 2.45) is 0 Å². The Balaban J connectivity index is 0.00000147. The van der Waals surface area contributed by atoms with Gasteiger partial charge in [0.05, 0.1) is 0 Å². The largest absolute Gasteiger partial charge is 1.00 e. The standard InChI is InChI=1S/C16H16NO2.HI/c1-2-17-10-4-3-5-15(17)9-7-13-6-8-14-12-18-19-16(14)11-13;/h3-11H,2,12H2,1H3;1H/q+1;/p-1/b9-7+;. The zero-order valence-electron chi connectivity index (χ0n) is 11.3. The molecule has 1 aliphatic rings. The lowest BCUT2D eigenvalue weighted by molar-refractivity contribution is -0.695. The van der Waals surface area contributed by atoms with Gasteiger partial charge in [0.2, 0.25) is 5.69 Å². The van der Waals surface area contributed by atoms with Crippen molar-refractivity contribution in [3.63, 3.8) is 0 Å². The maximum Gasteiger partial charge on any atom is 0.205 e. The lowest BCUT2D eigenvalue weighted by Gasteiger charge is -1.98. The van der Waals surface area contributed by atoms with Crippen LogP contribution in [0.1, 0.15) is 23.7 Å². The van der Waals surface area contributed by atoms with Gasteiger partial charge in [-0.05, 0) is 30.7 Å². The molecule has 0 fully saturated rings. The Kier molecular flexibility index (Phi) is 5.14. The third kappa shape index (κ3) is 3.19. The van der Waals surface area contributed by atoms with Gasteiger partial charge in [0.1, 0.15) is 13.2 Å². The van der Waals surface area contributed by atoms with Gasteiger partial charge in [0, 0.05) is 23.8 Å². The summed E-state index contributed by atoms with van der Waals surface area (Å²) in [6.45, 7) is 3.63. The first-order valence-corrected chi connectivity index (χ1v) is 6.46. The van der Waals surface area contributed by atoms with E-state index in [9.17, 15) is 0 Å². The zero-order chi connectivity index (χ0) is 13.1. The quantitative estimate of drug-likeness (QED) is 0.424. The normalized spacial score (nSPS) is 12.8. The highest BCUT2D eigenvalue weighted by Gasteiger charge is 2.13. The van der Waals surface area contributed by atoms with Crippen molar-refractivity contribution in [1.29, 1.82) is 0 Å². The third-order valence-electron chi connectivity index (χ3n) is 3.22. The molecule has 3 nitrogen and oxygen atoms in total. The van der Waals surface area contributed by atoms with E-state index < -0.39 is 0 Å². The monoisotopic (exact) mass is 381 g/mol. The van der Waals surface area contributed by atoms with E-state index in [0.717, 1.165) is 23.4 Å². The Morgan fingerprint density at radius 3 is 2.95 bits per heavy atom. The summed E-state index contributed by atoms with van der Waals surface area (Å²) < 4.78 is 2.20. The molecule has 0 N–H and O–H groups in total. The van der Waals surface area contributed by atoms with Crippen molar-refractivity contribution in [1.82, 2.24) is 0 Å². The number of rotatable bonds is 3. The maximum atomic E-state index is 5.10. The van der Waals surface area contributed by atoms with Crippen molar-refractivity contribution in [3.05, 3.63) is 59.4 Å². The fraction of sp³-hybridized carbons (Fsp3) is 0.188. The number of hydrogen-bond acceptors (Lipinski definition) is 2. The molecule has 104 valence electrons. The Morgan fingerprint density at radius 2 is 2.10 bits per heavy atom. The second-order valence-corrected chi connectivity index (χ2v) is 4.46. The van der Waals surface area contributed by atoms with Crippen molar-refractivity contribution in [2.75, 3.05) is 0 Å². The molecule has 3 rings (SSSR count). The van der Waals surface area contributed by atoms with Gasteiger partial charge >= 0.3 is 0 Å². The molecule has 0 amide bonds. The number of hydrogen-bond donors (Lipinski definition) is 0. The van der Waals surface area contributed by atoms with Crippen molar-refractivity contribution in [2.45, 2.75) is 20.1 Å². The van der Waals surface area contributed by atoms with Crippen LogP contribution < -0.4 is 33.4 Å². The van der Waals surface area contributed by atoms with Crippen LogP contribution in [0, 0.1) is 0 Å². The fourth-order valence-electron chi connectivity index (χ4n) is 2.14. The molecule has 1 aromatic carbocycles. The molecule has 2 heterocycles. The third-order valence-corrected chi connectivity index (χ3v) is 3.22. The minimum atomic E-state index is 0. The minimum absolute atomic E-state index is 0. The summed E-state index contributed by atoms with van der Waals surface area (Å²) in [5.41, 5.74) is 3.39. The number of fused-ring (bicyclic) bond motifs is 1. The molecule has 4 heteroatoms. The van der Waals surface area contributed by atoms with Crippen LogP contribution in [0.5, 0.6) is 5.75 Å². The van der Waals surface area contributed by atoms with E-state index in [2.05, 4.69) is 42.0 Å². The van der Waals surface area contributed by atoms with Crippen LogP contribution in [0.25, 0.3) is 12.2 Å². The summed E-state index contributed by atoms with van der Waals surface area (Å²) in [7, 11) is 0. The second-order valence-electron chi connectivity index (χ2n) is 4.46. The van der Waals surface area contributed by atoms with Gasteiger partial charge < -0.3 is 28.9 Å². The Bertz CT molecular complexity index is 626. The molecule has 0 bridgehead atoms. The van der Waals surface area contributed by atoms with Crippen LogP contribution >= 0.6 is 0 Å². The molecular weight excluding hydrogens is 365 g/mol. The molecule has 1 aliphatic heterocycles. The lowest BCUT2D eigenvalue weighted by Crippen LogP contribution is -3.00. The van der Waals surface area contributed by atoms with Gasteiger partial charge in [-0.25, -0.2) is 0 Å². The molecule has 20 heavy (non-hydrogen) atoms. The van der Waals surface area contributed by atoms with Gasteiger partial charge in [0.15, 0.2) is 11.9 Å². The highest BCUT2D eigenvalue weighted by molar-refractivity contribution is 5.68. The van der Waals surface area contributed by atoms with E-state index in [1.54, 1.807) is 0 Å². The van der Waals surface area contributed by atoms with Crippen molar-refractivity contribution < 1.29 is 38.3 Å². The molecule has 0 radical (unpaired) electrons. The number of halogens is 1. The predicted octanol–water partition coefficient (Wildman–Crippen LogP) is -0.00760. The van der Waals surface area contributed by atoms with E-state index in [4.69, 9.17) is 9.78 Å². The molecule has 0 saturated carbocycles. The molecule has 0 aliphatic carbocycles. The van der Waals surface area contributed by atoms with E-state index >= 15 is 0 Å². The van der Waals surface area contributed by atoms with E-state index in [-0.39, 0.29) is 24.0 Å². The fourth-order valence-corrected chi connectivity index (χ4v) is 2.14. The minimum Gasteiger partial charge on any atom is -1.00 e. The second kappa shape index (κ2) is 6.85. The van der Waals surface area contributed by atoms with Crippen molar-refractivity contribution >= 4 is 12.2 Å². The first kappa shape index (κ1) is 15.0. The van der Waals surface area contributed by atoms with Crippen LogP contribution in [0.4, 0.5) is 0 Å². The van der Waals surface area contributed by atoms with E-state index in [1.165, 1.54) is 5.69 Å². The summed E-state index contributed by atoms with van der Waals surface area (Å²) >= 11 is 0. The predicted molar refractivity (Wildman–Crippen MR) is 73.1 cm³/mol. The van der Waals surface area contributed by atoms with Gasteiger partial charge in [0.25, 0.3) is 0 Å². The van der Waals surface area contributed by atoms with E-state index in [0.29, 0.717) is 6.61 Å². The molecule has 0 saturated heterocycles. The Hall–Kier alpha value is -1.40. The SMILES string of the molecule is CC[n+]1ccccc1/C=C/c1ccc2c(c1)OOC2.[I-]. The smallest absolute Gasteiger partial charge is 0.205 e. The Morgan fingerprint density at radius 1 is 1.20 bits per heavy atom. The molecule has 0 spiro atoms. The number of aryl methyl sites for hydroxylation is 1. The average Bonchev–Trinajstić information content (AvgIpc) is 2.93. The molecule has 2 aromatic rings. The summed E-state index contributed by atoms with van der Waals surface area (Å²) in [5, 5.41) is 0. The van der Waals surface area contributed by atoms with Crippen LogP contribution in [-0.4, -0.2) is 0 Å². The first-order valence-electron chi connectivity index (χ1n) is 6.46. The molecule has 0 atom stereocenters. The van der Waals surface area contributed by atoms with Gasteiger partial charge in [-0.3, -0.25) is 0 Å².